The van der Waals surface area contributed by atoms with Crippen LogP contribution in [0.3, 0.4) is 0 Å². The molecule has 1 N–H and O–H groups in total. The smallest absolute Gasteiger partial charge is 0.369 e. The molecule has 1 saturated heterocycles. The standard InChI is InChI=1S/C19H30F3N3/c1-7-9-10-23-15(5)18(17(8-2)19(20,21)22)16(6)25-12-13(3)24-11-14(25)4/h8-10,13-14,24H,7,11-12H2,1-6H3/b10-9+,17-8+,18-16-,23-15+. The van der Waals surface area contributed by atoms with Crippen molar-refractivity contribution in [2.75, 3.05) is 13.1 Å². The molecule has 0 bridgehead atoms. The van der Waals surface area contributed by atoms with E-state index >= 15 is 0 Å². The fourth-order valence-corrected chi connectivity index (χ4v) is 3.07. The summed E-state index contributed by atoms with van der Waals surface area (Å²) in [5.74, 6) is 0. The minimum absolute atomic E-state index is 0.122. The van der Waals surface area contributed by atoms with E-state index in [-0.39, 0.29) is 17.7 Å². The molecule has 1 rings (SSSR count). The van der Waals surface area contributed by atoms with Gasteiger partial charge in [0.2, 0.25) is 0 Å². The van der Waals surface area contributed by atoms with Crippen molar-refractivity contribution in [1.82, 2.24) is 10.2 Å². The highest BCUT2D eigenvalue weighted by Crippen LogP contribution is 2.35. The molecule has 0 aromatic heterocycles. The maximum absolute atomic E-state index is 13.6. The largest absolute Gasteiger partial charge is 0.416 e. The number of rotatable bonds is 5. The average molecular weight is 357 g/mol. The number of halogens is 3. The third-order valence-corrected chi connectivity index (χ3v) is 4.39. The van der Waals surface area contributed by atoms with E-state index in [1.807, 2.05) is 31.7 Å². The van der Waals surface area contributed by atoms with Crippen molar-refractivity contribution < 1.29 is 13.2 Å². The number of nitrogens with zero attached hydrogens (tertiary/aromatic N) is 2. The molecule has 3 nitrogen and oxygen atoms in total. The van der Waals surface area contributed by atoms with Crippen molar-refractivity contribution in [3.8, 4) is 0 Å². The van der Waals surface area contributed by atoms with Crippen molar-refractivity contribution in [2.24, 2.45) is 4.99 Å². The van der Waals surface area contributed by atoms with Gasteiger partial charge < -0.3 is 10.2 Å². The van der Waals surface area contributed by atoms with Crippen LogP contribution in [0.2, 0.25) is 0 Å². The van der Waals surface area contributed by atoms with Gasteiger partial charge in [-0.15, -0.1) is 0 Å². The van der Waals surface area contributed by atoms with Crippen LogP contribution in [0.5, 0.6) is 0 Å². The van der Waals surface area contributed by atoms with Crippen LogP contribution in [0, 0.1) is 0 Å². The SMILES string of the molecule is C\C=C(C(/C(C)=N/C=C/CC)=C(/C)N1CC(C)NCC1C)\C(F)(F)F. The van der Waals surface area contributed by atoms with E-state index in [1.165, 1.54) is 6.92 Å². The van der Waals surface area contributed by atoms with Crippen LogP contribution in [-0.2, 0) is 0 Å². The summed E-state index contributed by atoms with van der Waals surface area (Å²) in [5.41, 5.74) is 0.551. The lowest BCUT2D eigenvalue weighted by Gasteiger charge is -2.41. The Morgan fingerprint density at radius 1 is 1.28 bits per heavy atom. The van der Waals surface area contributed by atoms with Gasteiger partial charge in [0.05, 0.1) is 5.57 Å². The third-order valence-electron chi connectivity index (χ3n) is 4.39. The molecule has 0 aromatic rings. The van der Waals surface area contributed by atoms with Gasteiger partial charge in [-0.3, -0.25) is 4.99 Å². The summed E-state index contributed by atoms with van der Waals surface area (Å²) in [7, 11) is 0. The number of alkyl halides is 3. The second-order valence-electron chi connectivity index (χ2n) is 6.48. The van der Waals surface area contributed by atoms with Gasteiger partial charge in [-0.05, 0) is 41.0 Å². The zero-order valence-electron chi connectivity index (χ0n) is 16.0. The summed E-state index contributed by atoms with van der Waals surface area (Å²) in [6, 6.07) is 0.348. The van der Waals surface area contributed by atoms with Crippen LogP contribution in [0.25, 0.3) is 0 Å². The number of hydrogen-bond acceptors (Lipinski definition) is 3. The van der Waals surface area contributed by atoms with Gasteiger partial charge in [-0.25, -0.2) is 0 Å². The summed E-state index contributed by atoms with van der Waals surface area (Å²) in [4.78, 5) is 6.30. The summed E-state index contributed by atoms with van der Waals surface area (Å²) in [6.07, 6.45) is 0.916. The lowest BCUT2D eigenvalue weighted by molar-refractivity contribution is -0.0891. The number of aliphatic imine (C=N–C) groups is 1. The number of allylic oxidation sites excluding steroid dienone is 5. The maximum Gasteiger partial charge on any atom is 0.416 e. The zero-order valence-corrected chi connectivity index (χ0v) is 16.0. The first-order valence-electron chi connectivity index (χ1n) is 8.77. The Morgan fingerprint density at radius 3 is 2.44 bits per heavy atom. The Labute approximate surface area is 149 Å². The molecule has 0 amide bonds. The van der Waals surface area contributed by atoms with Crippen molar-refractivity contribution in [2.45, 2.75) is 66.2 Å². The highest BCUT2D eigenvalue weighted by molar-refractivity contribution is 6.03. The normalized spacial score (nSPS) is 24.8. The molecule has 1 fully saturated rings. The van der Waals surface area contributed by atoms with Crippen LogP contribution in [0.1, 0.15) is 48.0 Å². The molecule has 142 valence electrons. The molecule has 2 unspecified atom stereocenters. The van der Waals surface area contributed by atoms with Crippen molar-refractivity contribution in [3.63, 3.8) is 0 Å². The topological polar surface area (TPSA) is 27.6 Å². The Balaban J connectivity index is 3.47. The van der Waals surface area contributed by atoms with Gasteiger partial charge in [0, 0.05) is 48.4 Å². The minimum Gasteiger partial charge on any atom is -0.369 e. The van der Waals surface area contributed by atoms with Gasteiger partial charge in [0.1, 0.15) is 0 Å². The molecule has 1 aliphatic rings. The molecule has 1 aliphatic heterocycles. The van der Waals surface area contributed by atoms with Gasteiger partial charge in [-0.2, -0.15) is 13.2 Å². The van der Waals surface area contributed by atoms with Crippen LogP contribution in [-0.4, -0.2) is 42.0 Å². The number of nitrogens with one attached hydrogen (secondary N) is 1. The lowest BCUT2D eigenvalue weighted by atomic mass is 9.96. The average Bonchev–Trinajstić information content (AvgIpc) is 2.53. The van der Waals surface area contributed by atoms with E-state index in [1.54, 1.807) is 20.0 Å². The van der Waals surface area contributed by atoms with E-state index in [2.05, 4.69) is 10.3 Å². The predicted octanol–water partition coefficient (Wildman–Crippen LogP) is 4.84. The van der Waals surface area contributed by atoms with Gasteiger partial charge >= 0.3 is 6.18 Å². The van der Waals surface area contributed by atoms with Gasteiger partial charge in [0.15, 0.2) is 0 Å². The van der Waals surface area contributed by atoms with Gasteiger partial charge in [-0.1, -0.05) is 19.1 Å². The second-order valence-corrected chi connectivity index (χ2v) is 6.48. The fourth-order valence-electron chi connectivity index (χ4n) is 3.07. The monoisotopic (exact) mass is 357 g/mol. The first-order chi connectivity index (χ1) is 11.6. The predicted molar refractivity (Wildman–Crippen MR) is 98.7 cm³/mol. The van der Waals surface area contributed by atoms with Crippen LogP contribution in [0.4, 0.5) is 13.2 Å². The van der Waals surface area contributed by atoms with Crippen LogP contribution < -0.4 is 5.32 Å². The highest BCUT2D eigenvalue weighted by atomic mass is 19.4. The quantitative estimate of drug-likeness (QED) is 0.563. The minimum atomic E-state index is -4.42. The molecule has 0 aromatic carbocycles. The van der Waals surface area contributed by atoms with E-state index in [0.717, 1.165) is 19.0 Å². The van der Waals surface area contributed by atoms with Crippen molar-refractivity contribution >= 4 is 5.71 Å². The Hall–Kier alpha value is -1.56. The van der Waals surface area contributed by atoms with Crippen molar-refractivity contribution in [1.29, 1.82) is 0 Å². The molecule has 0 saturated carbocycles. The molecule has 1 heterocycles. The summed E-state index contributed by atoms with van der Waals surface area (Å²) in [6.45, 7) is 12.3. The molecule has 0 aliphatic carbocycles. The lowest BCUT2D eigenvalue weighted by Crippen LogP contribution is -2.53. The van der Waals surface area contributed by atoms with E-state index < -0.39 is 11.7 Å². The summed E-state index contributed by atoms with van der Waals surface area (Å²) in [5, 5.41) is 3.36. The van der Waals surface area contributed by atoms with Crippen molar-refractivity contribution in [3.05, 3.63) is 35.2 Å². The Kier molecular flexibility index (Phi) is 7.93. The molecule has 2 atom stereocenters. The van der Waals surface area contributed by atoms with Gasteiger partial charge in [0.25, 0.3) is 0 Å². The van der Waals surface area contributed by atoms with E-state index in [0.29, 0.717) is 18.0 Å². The van der Waals surface area contributed by atoms with E-state index in [9.17, 15) is 13.2 Å². The van der Waals surface area contributed by atoms with Crippen LogP contribution in [0.15, 0.2) is 40.2 Å². The molecule has 25 heavy (non-hydrogen) atoms. The molecular formula is C19H30F3N3. The number of piperazine rings is 1. The van der Waals surface area contributed by atoms with E-state index in [4.69, 9.17) is 0 Å². The molecular weight excluding hydrogens is 327 g/mol. The Morgan fingerprint density at radius 2 is 1.92 bits per heavy atom. The number of hydrogen-bond donors (Lipinski definition) is 1. The summed E-state index contributed by atoms with van der Waals surface area (Å²) < 4.78 is 40.8. The first-order valence-corrected chi connectivity index (χ1v) is 8.77. The highest BCUT2D eigenvalue weighted by Gasteiger charge is 2.38. The van der Waals surface area contributed by atoms with Crippen LogP contribution >= 0.6 is 0 Å². The molecule has 6 heteroatoms. The first kappa shape index (κ1) is 21.5. The Bertz CT molecular complexity index is 571. The maximum atomic E-state index is 13.6. The third kappa shape index (κ3) is 5.73. The second kappa shape index (κ2) is 9.22. The zero-order chi connectivity index (χ0) is 19.2. The fraction of sp³-hybridized carbons (Fsp3) is 0.632. The molecule has 0 radical (unpaired) electrons. The summed E-state index contributed by atoms with van der Waals surface area (Å²) >= 11 is 0. The molecule has 0 spiro atoms.